The number of aromatic nitrogens is 4. The summed E-state index contributed by atoms with van der Waals surface area (Å²) in [5.74, 6) is 1.34. The van der Waals surface area contributed by atoms with Crippen LogP contribution >= 0.6 is 0 Å². The molecule has 0 aliphatic heterocycles. The molecule has 5 nitrogen and oxygen atoms in total. The minimum atomic E-state index is -0.538. The molecule has 3 saturated carbocycles. The molecule has 0 amide bonds. The van der Waals surface area contributed by atoms with E-state index < -0.39 is 11.6 Å². The second-order valence-corrected chi connectivity index (χ2v) is 7.85. The van der Waals surface area contributed by atoms with Gasteiger partial charge in [-0.15, -0.1) is 0 Å². The third kappa shape index (κ3) is 2.76. The number of hydrogen-bond donors (Lipinski definition) is 2. The zero-order valence-electron chi connectivity index (χ0n) is 15.0. The van der Waals surface area contributed by atoms with E-state index in [9.17, 15) is 8.78 Å². The number of rotatable bonds is 3. The van der Waals surface area contributed by atoms with Crippen molar-refractivity contribution in [2.75, 3.05) is 5.32 Å². The van der Waals surface area contributed by atoms with Crippen molar-refractivity contribution < 1.29 is 8.78 Å². The van der Waals surface area contributed by atoms with Crippen LogP contribution in [0, 0.1) is 29.4 Å². The summed E-state index contributed by atoms with van der Waals surface area (Å²) in [6.07, 6.45) is 8.98. The number of halogens is 2. The predicted molar refractivity (Wildman–Crippen MR) is 99.1 cm³/mol. The summed E-state index contributed by atoms with van der Waals surface area (Å²) >= 11 is 0. The van der Waals surface area contributed by atoms with Crippen molar-refractivity contribution in [1.29, 1.82) is 0 Å². The van der Waals surface area contributed by atoms with Gasteiger partial charge >= 0.3 is 0 Å². The van der Waals surface area contributed by atoms with Gasteiger partial charge in [0.05, 0.1) is 12.4 Å². The van der Waals surface area contributed by atoms with Gasteiger partial charge in [-0.2, -0.15) is 0 Å². The lowest BCUT2D eigenvalue weighted by molar-refractivity contribution is 0.0926. The van der Waals surface area contributed by atoms with E-state index in [4.69, 9.17) is 0 Å². The van der Waals surface area contributed by atoms with Gasteiger partial charge in [0.25, 0.3) is 0 Å². The second-order valence-electron chi connectivity index (χ2n) is 7.85. The summed E-state index contributed by atoms with van der Waals surface area (Å²) in [7, 11) is 0. The summed E-state index contributed by atoms with van der Waals surface area (Å²) < 4.78 is 28.1. The van der Waals surface area contributed by atoms with Crippen LogP contribution in [0.3, 0.4) is 0 Å². The van der Waals surface area contributed by atoms with Crippen LogP contribution < -0.4 is 5.32 Å². The predicted octanol–water partition coefficient (Wildman–Crippen LogP) is 4.53. The largest absolute Gasteiger partial charge is 0.351 e. The molecule has 6 rings (SSSR count). The minimum absolute atomic E-state index is 0.153. The molecule has 27 heavy (non-hydrogen) atoms. The molecular weight excluding hydrogens is 348 g/mol. The summed E-state index contributed by atoms with van der Waals surface area (Å²) in [6.45, 7) is 2.28. The first kappa shape index (κ1) is 16.6. The molecule has 2 bridgehead atoms. The van der Waals surface area contributed by atoms with Gasteiger partial charge in [-0.25, -0.2) is 23.7 Å². The minimum Gasteiger partial charge on any atom is -0.351 e. The van der Waals surface area contributed by atoms with Gasteiger partial charge < -0.3 is 10.3 Å². The molecule has 2 N–H and O–H groups in total. The first-order valence-corrected chi connectivity index (χ1v) is 9.52. The monoisotopic (exact) mass is 369 g/mol. The number of aromatic amines is 1. The quantitative estimate of drug-likeness (QED) is 0.712. The Morgan fingerprint density at radius 1 is 1.07 bits per heavy atom. The average Bonchev–Trinajstić information content (AvgIpc) is 3.09. The number of fused-ring (bicyclic) bond motifs is 4. The van der Waals surface area contributed by atoms with Crippen LogP contribution in [0.15, 0.2) is 24.7 Å². The molecule has 0 radical (unpaired) electrons. The van der Waals surface area contributed by atoms with Crippen molar-refractivity contribution in [3.63, 3.8) is 0 Å². The molecular formula is C20H21F2N5. The van der Waals surface area contributed by atoms with Crippen LogP contribution in [0.5, 0.6) is 0 Å². The van der Waals surface area contributed by atoms with Crippen LogP contribution in [-0.2, 0) is 0 Å². The third-order valence-electron chi connectivity index (χ3n) is 6.43. The summed E-state index contributed by atoms with van der Waals surface area (Å²) in [4.78, 5) is 15.5. The fraction of sp³-hybridized carbons (Fsp3) is 0.450. The lowest BCUT2D eigenvalue weighted by Crippen LogP contribution is -2.47. The molecule has 0 saturated heterocycles. The van der Waals surface area contributed by atoms with E-state index in [0.717, 1.165) is 12.1 Å². The number of nitrogens with one attached hydrogen (secondary N) is 2. The van der Waals surface area contributed by atoms with E-state index in [1.807, 2.05) is 0 Å². The van der Waals surface area contributed by atoms with Gasteiger partial charge in [0, 0.05) is 23.2 Å². The fourth-order valence-corrected chi connectivity index (χ4v) is 4.95. The Bertz CT molecular complexity index is 991. The number of H-pyrrole nitrogens is 1. The van der Waals surface area contributed by atoms with Crippen molar-refractivity contribution in [1.82, 2.24) is 19.9 Å². The van der Waals surface area contributed by atoms with Gasteiger partial charge in [-0.3, -0.25) is 0 Å². The first-order chi connectivity index (χ1) is 13.1. The molecule has 3 heterocycles. The zero-order valence-corrected chi connectivity index (χ0v) is 15.0. The molecule has 3 aliphatic carbocycles. The number of hydrogen-bond acceptors (Lipinski definition) is 4. The Morgan fingerprint density at radius 3 is 2.63 bits per heavy atom. The lowest BCUT2D eigenvalue weighted by atomic mass is 9.62. The molecule has 140 valence electrons. The highest BCUT2D eigenvalue weighted by Gasteiger charge is 2.41. The van der Waals surface area contributed by atoms with Crippen molar-refractivity contribution in [2.24, 2.45) is 17.8 Å². The smallest absolute Gasteiger partial charge is 0.223 e. The molecule has 3 aliphatic rings. The number of anilines is 1. The third-order valence-corrected chi connectivity index (χ3v) is 6.43. The maximum absolute atomic E-state index is 14.5. The standard InChI is InChI=1S/C20H21F2N5/c1-10-11-2-4-12(5-3-11)17(10)26-20-25-9-16(22)18(27-20)15-8-24-19-14(15)6-13(21)7-23-19/h6-12,17H,2-5H2,1H3,(H,23,24)(H,25,26,27)/t10-,11?,12?,17?/m0/s1. The van der Waals surface area contributed by atoms with Crippen molar-refractivity contribution in [3.8, 4) is 11.3 Å². The Labute approximate surface area is 155 Å². The molecule has 7 heteroatoms. The Morgan fingerprint density at radius 2 is 1.85 bits per heavy atom. The van der Waals surface area contributed by atoms with Crippen molar-refractivity contribution in [3.05, 3.63) is 36.3 Å². The molecule has 3 aromatic rings. The topological polar surface area (TPSA) is 66.5 Å². The van der Waals surface area contributed by atoms with Crippen LogP contribution in [0.2, 0.25) is 0 Å². The van der Waals surface area contributed by atoms with Crippen molar-refractivity contribution in [2.45, 2.75) is 38.6 Å². The highest BCUT2D eigenvalue weighted by atomic mass is 19.1. The molecule has 3 aromatic heterocycles. The zero-order chi connectivity index (χ0) is 18.5. The Balaban J connectivity index is 1.50. The average molecular weight is 369 g/mol. The SMILES string of the molecule is C[C@H]1C2CCC(CC2)C1Nc1ncc(F)c(-c2c[nH]c3ncc(F)cc23)n1. The maximum Gasteiger partial charge on any atom is 0.223 e. The number of nitrogens with zero attached hydrogens (tertiary/aromatic N) is 3. The molecule has 0 aromatic carbocycles. The van der Waals surface area contributed by atoms with E-state index in [-0.39, 0.29) is 5.69 Å². The van der Waals surface area contributed by atoms with Gasteiger partial charge in [0.15, 0.2) is 5.82 Å². The van der Waals surface area contributed by atoms with Crippen molar-refractivity contribution >= 4 is 17.0 Å². The van der Waals surface area contributed by atoms with Crippen LogP contribution in [0.25, 0.3) is 22.3 Å². The van der Waals surface area contributed by atoms with E-state index in [2.05, 4.69) is 32.2 Å². The summed E-state index contributed by atoms with van der Waals surface area (Å²) in [5, 5.41) is 3.97. The first-order valence-electron chi connectivity index (χ1n) is 9.52. The lowest BCUT2D eigenvalue weighted by Gasteiger charge is -2.47. The fourth-order valence-electron chi connectivity index (χ4n) is 4.95. The highest BCUT2D eigenvalue weighted by Crippen LogP contribution is 2.45. The molecule has 3 fully saturated rings. The molecule has 0 spiro atoms. The van der Waals surface area contributed by atoms with Gasteiger partial charge in [0.1, 0.15) is 17.2 Å². The summed E-state index contributed by atoms with van der Waals surface area (Å²) in [5.41, 5.74) is 1.13. The van der Waals surface area contributed by atoms with Crippen LogP contribution in [-0.4, -0.2) is 26.0 Å². The van der Waals surface area contributed by atoms with E-state index in [1.165, 1.54) is 37.9 Å². The van der Waals surface area contributed by atoms with E-state index in [0.29, 0.717) is 40.4 Å². The molecule has 1 unspecified atom stereocenters. The van der Waals surface area contributed by atoms with E-state index >= 15 is 0 Å². The van der Waals surface area contributed by atoms with Crippen LogP contribution in [0.1, 0.15) is 32.6 Å². The summed E-state index contributed by atoms with van der Waals surface area (Å²) in [6, 6.07) is 1.66. The normalized spacial score (nSPS) is 27.2. The second kappa shape index (κ2) is 6.25. The Kier molecular flexibility index (Phi) is 3.84. The van der Waals surface area contributed by atoms with Gasteiger partial charge in [-0.05, 0) is 49.5 Å². The van der Waals surface area contributed by atoms with Gasteiger partial charge in [-0.1, -0.05) is 6.92 Å². The molecule has 2 atom stereocenters. The number of pyridine rings is 1. The van der Waals surface area contributed by atoms with Crippen LogP contribution in [0.4, 0.5) is 14.7 Å². The Hall–Kier alpha value is -2.57. The van der Waals surface area contributed by atoms with Gasteiger partial charge in [0.2, 0.25) is 5.95 Å². The highest BCUT2D eigenvalue weighted by molar-refractivity contribution is 5.92. The van der Waals surface area contributed by atoms with E-state index in [1.54, 1.807) is 6.20 Å². The maximum atomic E-state index is 14.5.